The minimum absolute atomic E-state index is 0.0215. The number of amides is 1. The van der Waals surface area contributed by atoms with E-state index in [1.807, 2.05) is 11.6 Å². The molecule has 0 aliphatic carbocycles. The second-order valence-electron chi connectivity index (χ2n) is 6.05. The molecule has 160 valence electrons. The Morgan fingerprint density at radius 1 is 1.32 bits per heavy atom. The average Bonchev–Trinajstić information content (AvgIpc) is 3.46. The molecule has 0 spiro atoms. The highest BCUT2D eigenvalue weighted by Gasteiger charge is 2.14. The maximum absolute atomic E-state index is 12.2. The average molecular weight is 479 g/mol. The van der Waals surface area contributed by atoms with Crippen LogP contribution in [0.25, 0.3) is 10.2 Å². The molecule has 4 rings (SSSR count). The summed E-state index contributed by atoms with van der Waals surface area (Å²) in [5.41, 5.74) is 0.561. The molecular weight excluding hydrogens is 464 g/mol. The molecule has 0 radical (unpaired) electrons. The van der Waals surface area contributed by atoms with Crippen LogP contribution in [0.15, 0.2) is 39.3 Å². The largest absolute Gasteiger partial charge is 0.416 e. The van der Waals surface area contributed by atoms with E-state index in [9.17, 15) is 14.9 Å². The molecule has 0 bridgehead atoms. The fourth-order valence-electron chi connectivity index (χ4n) is 2.39. The molecule has 12 nitrogen and oxygen atoms in total. The lowest BCUT2D eigenvalue weighted by atomic mass is 10.3. The van der Waals surface area contributed by atoms with Crippen LogP contribution in [0, 0.1) is 10.1 Å². The number of benzene rings is 1. The lowest BCUT2D eigenvalue weighted by molar-refractivity contribution is -0.384. The second kappa shape index (κ2) is 9.40. The number of nitrogens with zero attached hydrogens (tertiary/aromatic N) is 7. The Labute approximate surface area is 187 Å². The van der Waals surface area contributed by atoms with Crippen LogP contribution in [0.2, 0.25) is 0 Å². The predicted octanol–water partition coefficient (Wildman–Crippen LogP) is 2.78. The van der Waals surface area contributed by atoms with Crippen molar-refractivity contribution < 1.29 is 14.1 Å². The van der Waals surface area contributed by atoms with Crippen LogP contribution in [0.3, 0.4) is 0 Å². The number of thiazole rings is 1. The van der Waals surface area contributed by atoms with E-state index in [1.165, 1.54) is 35.2 Å². The maximum Gasteiger partial charge on any atom is 0.277 e. The summed E-state index contributed by atoms with van der Waals surface area (Å²) in [5.74, 6) is 0.946. The number of nitro benzene ring substituents is 1. The third-order valence-corrected chi connectivity index (χ3v) is 6.61. The molecule has 4 aromatic rings. The number of aryl methyl sites for hydroxylation is 2. The Kier molecular flexibility index (Phi) is 6.43. The minimum atomic E-state index is -0.471. The van der Waals surface area contributed by atoms with Crippen molar-refractivity contribution in [2.45, 2.75) is 16.8 Å². The maximum atomic E-state index is 12.2. The van der Waals surface area contributed by atoms with Gasteiger partial charge < -0.3 is 14.3 Å². The number of nitrogens with one attached hydrogen (secondary N) is 1. The highest BCUT2D eigenvalue weighted by atomic mass is 32.2. The zero-order valence-electron chi connectivity index (χ0n) is 15.9. The van der Waals surface area contributed by atoms with Gasteiger partial charge in [-0.2, -0.15) is 0 Å². The molecule has 0 fully saturated rings. The monoisotopic (exact) mass is 478 g/mol. The van der Waals surface area contributed by atoms with Crippen molar-refractivity contribution in [2.75, 3.05) is 16.8 Å². The zero-order chi connectivity index (χ0) is 21.8. The van der Waals surface area contributed by atoms with E-state index < -0.39 is 4.92 Å². The fourth-order valence-corrected chi connectivity index (χ4v) is 4.70. The molecule has 3 heterocycles. The number of rotatable bonds is 9. The van der Waals surface area contributed by atoms with E-state index in [-0.39, 0.29) is 17.3 Å². The highest BCUT2D eigenvalue weighted by Crippen LogP contribution is 2.29. The normalized spacial score (nSPS) is 11.1. The van der Waals surface area contributed by atoms with E-state index in [2.05, 4.69) is 30.7 Å². The highest BCUT2D eigenvalue weighted by molar-refractivity contribution is 7.99. The summed E-state index contributed by atoms with van der Waals surface area (Å²) in [6, 6.07) is 4.36. The van der Waals surface area contributed by atoms with Crippen molar-refractivity contribution in [2.24, 2.45) is 7.05 Å². The van der Waals surface area contributed by atoms with Crippen LogP contribution >= 0.6 is 34.9 Å². The van der Waals surface area contributed by atoms with Crippen LogP contribution in [-0.4, -0.2) is 52.3 Å². The van der Waals surface area contributed by atoms with Crippen LogP contribution in [0.4, 0.5) is 10.8 Å². The van der Waals surface area contributed by atoms with Gasteiger partial charge in [0, 0.05) is 31.4 Å². The Bertz CT molecular complexity index is 1240. The number of hydrogen-bond acceptors (Lipinski definition) is 12. The number of carbonyl (C=O) groups excluding carboxylic acids is 1. The van der Waals surface area contributed by atoms with Gasteiger partial charge in [0.1, 0.15) is 6.33 Å². The number of non-ortho nitro benzene ring substituents is 1. The molecule has 1 N–H and O–H groups in total. The van der Waals surface area contributed by atoms with Crippen molar-refractivity contribution in [3.63, 3.8) is 0 Å². The van der Waals surface area contributed by atoms with E-state index in [4.69, 9.17) is 4.42 Å². The smallest absolute Gasteiger partial charge is 0.277 e. The van der Waals surface area contributed by atoms with Crippen molar-refractivity contribution in [1.29, 1.82) is 0 Å². The van der Waals surface area contributed by atoms with Gasteiger partial charge in [0.05, 0.1) is 20.9 Å². The van der Waals surface area contributed by atoms with Gasteiger partial charge in [-0.3, -0.25) is 14.9 Å². The number of aromatic nitrogens is 6. The molecule has 15 heteroatoms. The van der Waals surface area contributed by atoms with E-state index in [1.54, 1.807) is 12.4 Å². The first-order valence-electron chi connectivity index (χ1n) is 8.75. The first kappa shape index (κ1) is 21.2. The van der Waals surface area contributed by atoms with Gasteiger partial charge in [0.2, 0.25) is 11.8 Å². The summed E-state index contributed by atoms with van der Waals surface area (Å²) >= 11 is 3.82. The van der Waals surface area contributed by atoms with Crippen molar-refractivity contribution in [3.8, 4) is 0 Å². The van der Waals surface area contributed by atoms with Crippen molar-refractivity contribution in [3.05, 3.63) is 40.5 Å². The van der Waals surface area contributed by atoms with Gasteiger partial charge in [-0.25, -0.2) is 4.98 Å². The summed E-state index contributed by atoms with van der Waals surface area (Å²) in [6.07, 6.45) is 2.20. The van der Waals surface area contributed by atoms with Gasteiger partial charge >= 0.3 is 0 Å². The minimum Gasteiger partial charge on any atom is -0.416 e. The number of fused-ring (bicyclic) bond motifs is 1. The third kappa shape index (κ3) is 5.36. The Morgan fingerprint density at radius 2 is 2.19 bits per heavy atom. The Morgan fingerprint density at radius 3 is 2.97 bits per heavy atom. The molecule has 0 saturated heterocycles. The molecule has 31 heavy (non-hydrogen) atoms. The summed E-state index contributed by atoms with van der Waals surface area (Å²) in [6.45, 7) is 0. The first-order valence-corrected chi connectivity index (χ1v) is 11.5. The predicted molar refractivity (Wildman–Crippen MR) is 115 cm³/mol. The third-order valence-electron chi connectivity index (χ3n) is 3.82. The molecule has 1 amide bonds. The van der Waals surface area contributed by atoms with Gasteiger partial charge in [-0.1, -0.05) is 34.9 Å². The number of thioether (sulfide) groups is 2. The molecule has 0 aliphatic heterocycles. The number of carbonyl (C=O) groups is 1. The van der Waals surface area contributed by atoms with E-state index in [0.717, 1.165) is 16.9 Å². The van der Waals surface area contributed by atoms with Crippen molar-refractivity contribution >= 4 is 61.8 Å². The quantitative estimate of drug-likeness (QED) is 0.214. The lowest BCUT2D eigenvalue weighted by Crippen LogP contribution is -2.13. The molecule has 3 aromatic heterocycles. The topological polar surface area (TPSA) is 155 Å². The summed E-state index contributed by atoms with van der Waals surface area (Å²) in [7, 11) is 1.87. The van der Waals surface area contributed by atoms with Crippen LogP contribution < -0.4 is 5.32 Å². The summed E-state index contributed by atoms with van der Waals surface area (Å²) in [5, 5.41) is 30.7. The van der Waals surface area contributed by atoms with Gasteiger partial charge in [-0.15, -0.1) is 20.4 Å². The SMILES string of the molecule is Cn1cnnc1SCCc1nnc(SCC(=O)Nc2nc3ccc([N+](=O)[O-])cc3s2)o1. The molecule has 1 aromatic carbocycles. The van der Waals surface area contributed by atoms with Crippen LogP contribution in [-0.2, 0) is 18.3 Å². The van der Waals surface area contributed by atoms with Gasteiger partial charge in [-0.05, 0) is 6.07 Å². The van der Waals surface area contributed by atoms with E-state index >= 15 is 0 Å². The van der Waals surface area contributed by atoms with Crippen molar-refractivity contribution in [1.82, 2.24) is 29.9 Å². The van der Waals surface area contributed by atoms with E-state index in [0.29, 0.717) is 38.6 Å². The summed E-state index contributed by atoms with van der Waals surface area (Å²) in [4.78, 5) is 26.9. The fraction of sp³-hybridized carbons (Fsp3) is 0.250. The lowest BCUT2D eigenvalue weighted by Gasteiger charge is -1.99. The molecule has 0 unspecified atom stereocenters. The number of hydrogen-bond donors (Lipinski definition) is 1. The van der Waals surface area contributed by atoms with Gasteiger partial charge in [0.15, 0.2) is 10.3 Å². The zero-order valence-corrected chi connectivity index (χ0v) is 18.4. The Balaban J connectivity index is 1.26. The molecule has 0 saturated carbocycles. The summed E-state index contributed by atoms with van der Waals surface area (Å²) < 4.78 is 7.99. The van der Waals surface area contributed by atoms with Crippen LogP contribution in [0.5, 0.6) is 0 Å². The van der Waals surface area contributed by atoms with Crippen LogP contribution in [0.1, 0.15) is 5.89 Å². The number of nitro groups is 1. The van der Waals surface area contributed by atoms with Gasteiger partial charge in [0.25, 0.3) is 10.9 Å². The standard InChI is InChI=1S/C16H14N8O4S3/c1-23-8-17-21-15(23)29-5-4-13-20-22-16(28-13)30-7-12(25)19-14-18-10-3-2-9(24(26)27)6-11(10)31-14/h2-3,6,8H,4-5,7H2,1H3,(H,18,19,25). The molecular formula is C16H14N8O4S3. The first-order chi connectivity index (χ1) is 15.0. The Hall–Kier alpha value is -3.04. The second-order valence-corrected chi connectivity index (χ2v) is 9.07. The molecule has 0 aliphatic rings. The number of anilines is 1. The molecule has 0 atom stereocenters.